The third-order valence-corrected chi connectivity index (χ3v) is 3.83. The average Bonchev–Trinajstić information content (AvgIpc) is 2.46. The minimum Gasteiger partial charge on any atom is -0.462 e. The second-order valence-corrected chi connectivity index (χ2v) is 7.26. The van der Waals surface area contributed by atoms with Gasteiger partial charge in [-0.1, -0.05) is 44.2 Å². The molecule has 0 N–H and O–H groups in total. The Morgan fingerprint density at radius 3 is 2.17 bits per heavy atom. The molecule has 0 aromatic heterocycles. The Bertz CT molecular complexity index is 530. The maximum Gasteiger partial charge on any atom is 0.309 e. The molecule has 24 heavy (non-hydrogen) atoms. The molecule has 0 saturated heterocycles. The molecule has 3 atom stereocenters. The van der Waals surface area contributed by atoms with Gasteiger partial charge in [0.15, 0.2) is 0 Å². The van der Waals surface area contributed by atoms with Gasteiger partial charge in [0.1, 0.15) is 11.7 Å². The zero-order chi connectivity index (χ0) is 18.3. The van der Waals surface area contributed by atoms with Crippen molar-refractivity contribution in [3.05, 3.63) is 35.9 Å². The van der Waals surface area contributed by atoms with Crippen molar-refractivity contribution in [3.8, 4) is 0 Å². The van der Waals surface area contributed by atoms with Gasteiger partial charge in [0, 0.05) is 5.92 Å². The summed E-state index contributed by atoms with van der Waals surface area (Å²) >= 11 is 0. The van der Waals surface area contributed by atoms with E-state index in [0.29, 0.717) is 0 Å². The zero-order valence-electron chi connectivity index (χ0n) is 15.7. The number of carbonyl (C=O) groups is 2. The summed E-state index contributed by atoms with van der Waals surface area (Å²) in [4.78, 5) is 24.1. The normalized spacial score (nSPS) is 15.2. The van der Waals surface area contributed by atoms with E-state index in [1.165, 1.54) is 0 Å². The summed E-state index contributed by atoms with van der Waals surface area (Å²) in [5.74, 6) is -1.11. The van der Waals surface area contributed by atoms with E-state index in [1.807, 2.05) is 58.0 Å². The largest absolute Gasteiger partial charge is 0.462 e. The van der Waals surface area contributed by atoms with Crippen LogP contribution in [0.1, 0.15) is 65.9 Å². The highest BCUT2D eigenvalue weighted by molar-refractivity contribution is 5.79. The molecule has 4 nitrogen and oxygen atoms in total. The second kappa shape index (κ2) is 8.86. The zero-order valence-corrected chi connectivity index (χ0v) is 15.7. The molecular weight excluding hydrogens is 304 g/mol. The van der Waals surface area contributed by atoms with Crippen molar-refractivity contribution < 1.29 is 19.1 Å². The van der Waals surface area contributed by atoms with Crippen molar-refractivity contribution in [1.29, 1.82) is 0 Å². The predicted molar refractivity (Wildman–Crippen MR) is 94.7 cm³/mol. The topological polar surface area (TPSA) is 52.6 Å². The van der Waals surface area contributed by atoms with Gasteiger partial charge in [-0.05, 0) is 39.7 Å². The minimum atomic E-state index is -0.547. The Morgan fingerprint density at radius 1 is 1.08 bits per heavy atom. The lowest BCUT2D eigenvalue weighted by Crippen LogP contribution is -2.29. The van der Waals surface area contributed by atoms with Gasteiger partial charge >= 0.3 is 11.9 Å². The molecule has 1 aromatic carbocycles. The standard InChI is InChI=1S/C20H30O4/c1-7-17(16-11-9-8-10-12-16)15(3)23-19(22)14(2)13-18(21)24-20(4,5)6/h8-12,14-15,17H,7,13H2,1-6H3/t14-,15+,17-/m1/s1. The van der Waals surface area contributed by atoms with E-state index < -0.39 is 11.5 Å². The van der Waals surface area contributed by atoms with Crippen LogP contribution in [0.15, 0.2) is 30.3 Å². The summed E-state index contributed by atoms with van der Waals surface area (Å²) in [7, 11) is 0. The van der Waals surface area contributed by atoms with Crippen LogP contribution >= 0.6 is 0 Å². The molecule has 0 aliphatic carbocycles. The molecular formula is C20H30O4. The first-order valence-electron chi connectivity index (χ1n) is 8.61. The molecule has 0 radical (unpaired) electrons. The molecule has 0 saturated carbocycles. The maximum absolute atomic E-state index is 12.3. The Balaban J connectivity index is 2.60. The molecule has 0 spiro atoms. The quantitative estimate of drug-likeness (QED) is 0.690. The van der Waals surface area contributed by atoms with Gasteiger partial charge < -0.3 is 9.47 Å². The summed E-state index contributed by atoms with van der Waals surface area (Å²) in [6.45, 7) is 11.1. The van der Waals surface area contributed by atoms with Crippen LogP contribution in [-0.4, -0.2) is 23.6 Å². The third-order valence-electron chi connectivity index (χ3n) is 3.83. The Kier molecular flexibility index (Phi) is 7.46. The van der Waals surface area contributed by atoms with Crippen molar-refractivity contribution in [2.45, 2.75) is 72.0 Å². The molecule has 1 rings (SSSR count). The number of benzene rings is 1. The molecule has 0 unspecified atom stereocenters. The molecule has 0 fully saturated rings. The number of ether oxygens (including phenoxy) is 2. The minimum absolute atomic E-state index is 0.0327. The molecule has 0 amide bonds. The van der Waals surface area contributed by atoms with Gasteiger partial charge in [-0.15, -0.1) is 0 Å². The molecule has 1 aromatic rings. The average molecular weight is 334 g/mol. The molecule has 0 heterocycles. The first-order valence-corrected chi connectivity index (χ1v) is 8.61. The lowest BCUT2D eigenvalue weighted by molar-refractivity contribution is -0.163. The first kappa shape index (κ1) is 20.2. The van der Waals surface area contributed by atoms with E-state index in [0.717, 1.165) is 12.0 Å². The highest BCUT2D eigenvalue weighted by Crippen LogP contribution is 2.26. The van der Waals surface area contributed by atoms with Crippen LogP contribution in [0.4, 0.5) is 0 Å². The second-order valence-electron chi connectivity index (χ2n) is 7.26. The van der Waals surface area contributed by atoms with Gasteiger partial charge in [0.05, 0.1) is 12.3 Å². The fourth-order valence-electron chi connectivity index (χ4n) is 2.64. The lowest BCUT2D eigenvalue weighted by Gasteiger charge is -2.25. The van der Waals surface area contributed by atoms with Gasteiger partial charge in [-0.25, -0.2) is 0 Å². The molecule has 4 heteroatoms. The van der Waals surface area contributed by atoms with Crippen LogP contribution in [-0.2, 0) is 19.1 Å². The monoisotopic (exact) mass is 334 g/mol. The SMILES string of the molecule is CC[C@@H](c1ccccc1)[C@H](C)OC(=O)[C@H](C)CC(=O)OC(C)(C)C. The highest BCUT2D eigenvalue weighted by atomic mass is 16.6. The van der Waals surface area contributed by atoms with E-state index >= 15 is 0 Å². The van der Waals surface area contributed by atoms with E-state index in [9.17, 15) is 9.59 Å². The fourth-order valence-corrected chi connectivity index (χ4v) is 2.64. The molecule has 0 aliphatic heterocycles. The highest BCUT2D eigenvalue weighted by Gasteiger charge is 2.27. The summed E-state index contributed by atoms with van der Waals surface area (Å²) < 4.78 is 10.9. The van der Waals surface area contributed by atoms with Crippen molar-refractivity contribution in [1.82, 2.24) is 0 Å². The van der Waals surface area contributed by atoms with Crippen molar-refractivity contribution in [2.75, 3.05) is 0 Å². The van der Waals surface area contributed by atoms with E-state index in [4.69, 9.17) is 9.47 Å². The fraction of sp³-hybridized carbons (Fsp3) is 0.600. The van der Waals surface area contributed by atoms with Crippen LogP contribution in [0.2, 0.25) is 0 Å². The van der Waals surface area contributed by atoms with E-state index in [-0.39, 0.29) is 30.4 Å². The molecule has 134 valence electrons. The summed E-state index contributed by atoms with van der Waals surface area (Å²) in [6.07, 6.45) is 0.662. The van der Waals surface area contributed by atoms with Gasteiger partial charge in [-0.3, -0.25) is 9.59 Å². The van der Waals surface area contributed by atoms with Crippen LogP contribution in [0, 0.1) is 5.92 Å². The van der Waals surface area contributed by atoms with Gasteiger partial charge in [-0.2, -0.15) is 0 Å². The van der Waals surface area contributed by atoms with Crippen molar-refractivity contribution in [2.24, 2.45) is 5.92 Å². The Labute approximate surface area is 145 Å². The number of hydrogen-bond donors (Lipinski definition) is 0. The van der Waals surface area contributed by atoms with Crippen LogP contribution < -0.4 is 0 Å². The molecule has 0 aliphatic rings. The number of hydrogen-bond acceptors (Lipinski definition) is 4. The van der Waals surface area contributed by atoms with Crippen LogP contribution in [0.3, 0.4) is 0 Å². The van der Waals surface area contributed by atoms with E-state index in [1.54, 1.807) is 6.92 Å². The van der Waals surface area contributed by atoms with Gasteiger partial charge in [0.25, 0.3) is 0 Å². The van der Waals surface area contributed by atoms with E-state index in [2.05, 4.69) is 6.92 Å². The summed E-state index contributed by atoms with van der Waals surface area (Å²) in [5, 5.41) is 0. The smallest absolute Gasteiger partial charge is 0.309 e. The Morgan fingerprint density at radius 2 is 1.67 bits per heavy atom. The summed E-state index contributed by atoms with van der Waals surface area (Å²) in [5.41, 5.74) is 0.606. The van der Waals surface area contributed by atoms with Crippen molar-refractivity contribution in [3.63, 3.8) is 0 Å². The van der Waals surface area contributed by atoms with Crippen LogP contribution in [0.5, 0.6) is 0 Å². The first-order chi connectivity index (χ1) is 11.1. The number of esters is 2. The predicted octanol–water partition coefficient (Wildman–Crippen LogP) is 4.48. The van der Waals surface area contributed by atoms with Gasteiger partial charge in [0.2, 0.25) is 0 Å². The molecule has 0 bridgehead atoms. The number of carbonyl (C=O) groups excluding carboxylic acids is 2. The van der Waals surface area contributed by atoms with Crippen molar-refractivity contribution >= 4 is 11.9 Å². The lowest BCUT2D eigenvalue weighted by atomic mass is 9.91. The number of rotatable bonds is 7. The third kappa shape index (κ3) is 6.73. The Hall–Kier alpha value is -1.84. The summed E-state index contributed by atoms with van der Waals surface area (Å²) in [6, 6.07) is 10.0. The maximum atomic E-state index is 12.3. The van der Waals surface area contributed by atoms with Crippen LogP contribution in [0.25, 0.3) is 0 Å².